The van der Waals surface area contributed by atoms with Crippen LogP contribution in [-0.2, 0) is 14.3 Å². The third kappa shape index (κ3) is 3.35. The number of ether oxygens (including phenoxy) is 2. The van der Waals surface area contributed by atoms with Crippen molar-refractivity contribution in [3.8, 4) is 0 Å². The largest absolute Gasteiger partial charge is 0.355 e. The lowest BCUT2D eigenvalue weighted by Crippen LogP contribution is -2.46. The van der Waals surface area contributed by atoms with E-state index in [1.807, 2.05) is 6.07 Å². The maximum absolute atomic E-state index is 13.2. The van der Waals surface area contributed by atoms with Gasteiger partial charge in [-0.05, 0) is 18.2 Å². The predicted octanol–water partition coefficient (Wildman–Crippen LogP) is 1.53. The molecule has 0 aliphatic carbocycles. The molecule has 5 heterocycles. The number of nitrogens with one attached hydrogen (secondary N) is 1. The average molecular weight is 431 g/mol. The number of anilines is 1. The summed E-state index contributed by atoms with van der Waals surface area (Å²) < 4.78 is 13.5. The van der Waals surface area contributed by atoms with Crippen LogP contribution in [-0.4, -0.2) is 51.7 Å². The number of thiocarbonyl (C=S) groups is 1. The number of hydrogen-bond acceptors (Lipinski definition) is 8. The van der Waals surface area contributed by atoms with Crippen molar-refractivity contribution < 1.29 is 14.3 Å². The number of hydrogen-bond donors (Lipinski definition) is 1. The quantitative estimate of drug-likeness (QED) is 0.567. The van der Waals surface area contributed by atoms with E-state index in [2.05, 4.69) is 10.2 Å². The Labute approximate surface area is 175 Å². The number of carbonyl (C=O) groups excluding carboxylic acids is 1. The Hall–Kier alpha value is -2.27. The summed E-state index contributed by atoms with van der Waals surface area (Å²) in [4.78, 5) is 32.6. The molecule has 0 atom stereocenters. The van der Waals surface area contributed by atoms with Crippen molar-refractivity contribution in [2.24, 2.45) is 0 Å². The van der Waals surface area contributed by atoms with Crippen molar-refractivity contribution >= 4 is 51.7 Å². The van der Waals surface area contributed by atoms with E-state index in [1.54, 1.807) is 24.4 Å². The molecule has 1 spiro atoms. The molecule has 3 aliphatic rings. The predicted molar refractivity (Wildman–Crippen MR) is 114 cm³/mol. The third-order valence-corrected chi connectivity index (χ3v) is 6.47. The van der Waals surface area contributed by atoms with Gasteiger partial charge >= 0.3 is 0 Å². The Kier molecular flexibility index (Phi) is 4.66. The van der Waals surface area contributed by atoms with Gasteiger partial charge in [0.15, 0.2) is 5.79 Å². The minimum atomic E-state index is -0.519. The SMILES string of the molecule is O=C1NC(=S)S/C1=C\c1c(N2CCC3(CC2)OCCO3)nc2ccccn2c1=O. The highest BCUT2D eigenvalue weighted by Crippen LogP contribution is 2.34. The standard InChI is InChI=1S/C19H18N4O4S2/c24-16-13(29-18(28)21-16)11-12-15(20-14-3-1-2-6-23(14)17(12)25)22-7-4-19(5-8-22)26-9-10-27-19/h1-3,6,11H,4-5,7-10H2,(H,21,24,28)/b13-11-. The van der Waals surface area contributed by atoms with Crippen LogP contribution in [0.4, 0.5) is 5.82 Å². The van der Waals surface area contributed by atoms with Crippen LogP contribution in [0.25, 0.3) is 11.7 Å². The smallest absolute Gasteiger partial charge is 0.267 e. The summed E-state index contributed by atoms with van der Waals surface area (Å²) >= 11 is 6.22. The molecule has 0 radical (unpaired) electrons. The fourth-order valence-electron chi connectivity index (χ4n) is 3.86. The Morgan fingerprint density at radius 3 is 2.66 bits per heavy atom. The van der Waals surface area contributed by atoms with Crippen LogP contribution in [0.1, 0.15) is 18.4 Å². The van der Waals surface area contributed by atoms with Crippen LogP contribution in [0.3, 0.4) is 0 Å². The molecule has 0 bridgehead atoms. The van der Waals surface area contributed by atoms with E-state index in [1.165, 1.54) is 4.40 Å². The normalized spacial score (nSPS) is 22.8. The van der Waals surface area contributed by atoms with Crippen molar-refractivity contribution in [3.63, 3.8) is 0 Å². The first kappa shape index (κ1) is 18.7. The number of carbonyl (C=O) groups is 1. The van der Waals surface area contributed by atoms with Gasteiger partial charge in [-0.3, -0.25) is 14.0 Å². The highest BCUT2D eigenvalue weighted by atomic mass is 32.2. The Morgan fingerprint density at radius 2 is 1.97 bits per heavy atom. The van der Waals surface area contributed by atoms with E-state index in [9.17, 15) is 9.59 Å². The van der Waals surface area contributed by atoms with Crippen molar-refractivity contribution in [1.82, 2.24) is 14.7 Å². The van der Waals surface area contributed by atoms with E-state index in [0.717, 1.165) is 11.8 Å². The molecule has 3 fully saturated rings. The monoisotopic (exact) mass is 430 g/mol. The van der Waals surface area contributed by atoms with Crippen LogP contribution >= 0.6 is 24.0 Å². The van der Waals surface area contributed by atoms with Gasteiger partial charge in [0.2, 0.25) is 0 Å². The van der Waals surface area contributed by atoms with Crippen LogP contribution in [0.15, 0.2) is 34.1 Å². The lowest BCUT2D eigenvalue weighted by molar-refractivity contribution is -0.169. The molecule has 1 amide bonds. The summed E-state index contributed by atoms with van der Waals surface area (Å²) in [5.74, 6) is -0.254. The van der Waals surface area contributed by atoms with E-state index >= 15 is 0 Å². The molecule has 2 aromatic rings. The minimum absolute atomic E-state index is 0.224. The van der Waals surface area contributed by atoms with Gasteiger partial charge in [-0.15, -0.1) is 0 Å². The van der Waals surface area contributed by atoms with Gasteiger partial charge < -0.3 is 19.7 Å². The number of thioether (sulfide) groups is 1. The van der Waals surface area contributed by atoms with Gasteiger partial charge in [-0.1, -0.05) is 30.0 Å². The van der Waals surface area contributed by atoms with Gasteiger partial charge in [-0.2, -0.15) is 0 Å². The molecular formula is C19H18N4O4S2. The van der Waals surface area contributed by atoms with E-state index in [-0.39, 0.29) is 11.5 Å². The fraction of sp³-hybridized carbons (Fsp3) is 0.368. The number of piperidine rings is 1. The molecule has 29 heavy (non-hydrogen) atoms. The fourth-order valence-corrected chi connectivity index (χ4v) is 4.88. The molecule has 8 nitrogen and oxygen atoms in total. The molecule has 0 saturated carbocycles. The Balaban J connectivity index is 1.58. The zero-order valence-corrected chi connectivity index (χ0v) is 17.1. The highest BCUT2D eigenvalue weighted by molar-refractivity contribution is 8.26. The molecule has 3 aliphatic heterocycles. The second-order valence-corrected chi connectivity index (χ2v) is 8.75. The lowest BCUT2D eigenvalue weighted by atomic mass is 10.0. The van der Waals surface area contributed by atoms with E-state index in [4.69, 9.17) is 26.7 Å². The first-order chi connectivity index (χ1) is 14.0. The first-order valence-electron chi connectivity index (χ1n) is 9.34. The second-order valence-electron chi connectivity index (χ2n) is 7.03. The lowest BCUT2D eigenvalue weighted by Gasteiger charge is -2.38. The number of amides is 1. The number of fused-ring (bicyclic) bond motifs is 1. The number of rotatable bonds is 2. The number of aromatic nitrogens is 2. The summed E-state index contributed by atoms with van der Waals surface area (Å²) in [6, 6.07) is 5.41. The van der Waals surface area contributed by atoms with Crippen LogP contribution in [0.5, 0.6) is 0 Å². The van der Waals surface area contributed by atoms with Crippen molar-refractivity contribution in [3.05, 3.63) is 45.2 Å². The van der Waals surface area contributed by atoms with E-state index in [0.29, 0.717) is 65.4 Å². The van der Waals surface area contributed by atoms with Crippen molar-refractivity contribution in [2.75, 3.05) is 31.2 Å². The first-order valence-corrected chi connectivity index (χ1v) is 10.6. The highest BCUT2D eigenvalue weighted by Gasteiger charge is 2.40. The minimum Gasteiger partial charge on any atom is -0.355 e. The summed E-state index contributed by atoms with van der Waals surface area (Å²) in [6.45, 7) is 2.51. The van der Waals surface area contributed by atoms with Gasteiger partial charge in [-0.25, -0.2) is 4.98 Å². The zero-order valence-electron chi connectivity index (χ0n) is 15.4. The second kappa shape index (κ2) is 7.21. The maximum Gasteiger partial charge on any atom is 0.267 e. The van der Waals surface area contributed by atoms with Crippen LogP contribution in [0.2, 0.25) is 0 Å². The summed E-state index contributed by atoms with van der Waals surface area (Å²) in [5.41, 5.74) is 0.709. The van der Waals surface area contributed by atoms with Crippen LogP contribution < -0.4 is 15.8 Å². The van der Waals surface area contributed by atoms with Gasteiger partial charge in [0.1, 0.15) is 15.8 Å². The molecule has 150 valence electrons. The van der Waals surface area contributed by atoms with Gasteiger partial charge in [0, 0.05) is 32.1 Å². The summed E-state index contributed by atoms with van der Waals surface area (Å²) in [5, 5.41) is 2.59. The molecule has 0 aromatic carbocycles. The molecule has 3 saturated heterocycles. The van der Waals surface area contributed by atoms with Crippen molar-refractivity contribution in [2.45, 2.75) is 18.6 Å². The molecular weight excluding hydrogens is 412 g/mol. The number of pyridine rings is 1. The topological polar surface area (TPSA) is 85.2 Å². The Bertz CT molecular complexity index is 1100. The van der Waals surface area contributed by atoms with E-state index < -0.39 is 5.79 Å². The average Bonchev–Trinajstić information content (AvgIpc) is 3.30. The number of nitrogens with zero attached hydrogens (tertiary/aromatic N) is 3. The zero-order chi connectivity index (χ0) is 20.0. The van der Waals surface area contributed by atoms with Gasteiger partial charge in [0.25, 0.3) is 11.5 Å². The van der Waals surface area contributed by atoms with Crippen molar-refractivity contribution in [1.29, 1.82) is 0 Å². The van der Waals surface area contributed by atoms with Crippen LogP contribution in [0, 0.1) is 0 Å². The maximum atomic E-state index is 13.2. The van der Waals surface area contributed by atoms with Gasteiger partial charge in [0.05, 0.1) is 23.7 Å². The third-order valence-electron chi connectivity index (χ3n) is 5.30. The molecule has 2 aromatic heterocycles. The molecule has 1 N–H and O–H groups in total. The molecule has 10 heteroatoms. The summed E-state index contributed by atoms with van der Waals surface area (Å²) in [7, 11) is 0. The molecule has 5 rings (SSSR count). The summed E-state index contributed by atoms with van der Waals surface area (Å²) in [6.07, 6.45) is 4.65. The molecule has 0 unspecified atom stereocenters. The Morgan fingerprint density at radius 1 is 1.21 bits per heavy atom.